The van der Waals surface area contributed by atoms with E-state index >= 15 is 0 Å². The second-order valence-electron chi connectivity index (χ2n) is 3.88. The van der Waals surface area contributed by atoms with E-state index in [2.05, 4.69) is 12.2 Å². The van der Waals surface area contributed by atoms with Crippen molar-refractivity contribution in [1.82, 2.24) is 0 Å². The van der Waals surface area contributed by atoms with E-state index in [0.29, 0.717) is 22.7 Å². The molecule has 15 heavy (non-hydrogen) atoms. The Balaban J connectivity index is 2.26. The Bertz CT molecular complexity index is 408. The van der Waals surface area contributed by atoms with Crippen LogP contribution < -0.4 is 5.32 Å². The van der Waals surface area contributed by atoms with Gasteiger partial charge in [-0.1, -0.05) is 18.5 Å². The first-order chi connectivity index (χ1) is 7.08. The minimum atomic E-state index is -0.397. The zero-order valence-corrected chi connectivity index (χ0v) is 8.99. The molecule has 0 heterocycles. The largest absolute Gasteiger partial charge is 0.376 e. The second kappa shape index (κ2) is 3.70. The molecule has 1 aromatic rings. The van der Waals surface area contributed by atoms with Crippen LogP contribution in [0.5, 0.6) is 0 Å². The number of nitrogens with zero attached hydrogens (tertiary/aromatic N) is 1. The Kier molecular flexibility index (Phi) is 2.52. The molecule has 0 aliphatic heterocycles. The number of hydrogen-bond donors (Lipinski definition) is 1. The van der Waals surface area contributed by atoms with Crippen LogP contribution in [0.4, 0.5) is 11.4 Å². The van der Waals surface area contributed by atoms with E-state index < -0.39 is 4.92 Å². The zero-order valence-electron chi connectivity index (χ0n) is 8.24. The summed E-state index contributed by atoms with van der Waals surface area (Å²) in [6.45, 7) is 2.11. The molecule has 2 unspecified atom stereocenters. The molecule has 1 aromatic carbocycles. The van der Waals surface area contributed by atoms with Gasteiger partial charge < -0.3 is 5.32 Å². The van der Waals surface area contributed by atoms with Gasteiger partial charge in [-0.25, -0.2) is 0 Å². The van der Waals surface area contributed by atoms with E-state index in [4.69, 9.17) is 11.6 Å². The number of nitrogens with one attached hydrogen (secondary N) is 1. The molecule has 0 amide bonds. The molecule has 1 saturated carbocycles. The number of rotatable bonds is 3. The first-order valence-electron chi connectivity index (χ1n) is 4.78. The van der Waals surface area contributed by atoms with Gasteiger partial charge in [0.15, 0.2) is 0 Å². The Morgan fingerprint density at radius 3 is 2.80 bits per heavy atom. The van der Waals surface area contributed by atoms with Crippen LogP contribution in [-0.2, 0) is 0 Å². The van der Waals surface area contributed by atoms with Gasteiger partial charge in [0.2, 0.25) is 0 Å². The molecule has 80 valence electrons. The third kappa shape index (κ3) is 2.21. The molecular weight excluding hydrogens is 216 g/mol. The number of nitro groups is 1. The monoisotopic (exact) mass is 226 g/mol. The molecule has 2 rings (SSSR count). The molecule has 0 radical (unpaired) electrons. The summed E-state index contributed by atoms with van der Waals surface area (Å²) in [5.74, 6) is 0.587. The third-order valence-corrected chi connectivity index (χ3v) is 2.84. The van der Waals surface area contributed by atoms with Crippen LogP contribution in [0.25, 0.3) is 0 Å². The van der Waals surface area contributed by atoms with Crippen LogP contribution in [0.15, 0.2) is 18.2 Å². The average molecular weight is 227 g/mol. The van der Waals surface area contributed by atoms with Crippen molar-refractivity contribution in [2.75, 3.05) is 5.32 Å². The minimum Gasteiger partial charge on any atom is -0.376 e. The summed E-state index contributed by atoms with van der Waals surface area (Å²) in [6, 6.07) is 4.91. The van der Waals surface area contributed by atoms with Gasteiger partial charge >= 0.3 is 0 Å². The molecule has 1 aliphatic rings. The van der Waals surface area contributed by atoms with Crippen molar-refractivity contribution < 1.29 is 4.92 Å². The summed E-state index contributed by atoms with van der Waals surface area (Å²) in [6.07, 6.45) is 1.06. The maximum atomic E-state index is 10.7. The van der Waals surface area contributed by atoms with Gasteiger partial charge in [0, 0.05) is 17.1 Å². The Morgan fingerprint density at radius 1 is 1.60 bits per heavy atom. The number of benzene rings is 1. The predicted molar refractivity (Wildman–Crippen MR) is 59.3 cm³/mol. The van der Waals surface area contributed by atoms with Gasteiger partial charge in [0.1, 0.15) is 5.69 Å². The van der Waals surface area contributed by atoms with E-state index in [-0.39, 0.29) is 5.69 Å². The highest BCUT2D eigenvalue weighted by molar-refractivity contribution is 6.31. The zero-order chi connectivity index (χ0) is 11.0. The van der Waals surface area contributed by atoms with Gasteiger partial charge in [-0.05, 0) is 24.5 Å². The van der Waals surface area contributed by atoms with Crippen LogP contribution in [0.1, 0.15) is 13.3 Å². The van der Waals surface area contributed by atoms with E-state index in [0.717, 1.165) is 6.42 Å². The van der Waals surface area contributed by atoms with Gasteiger partial charge in [-0.3, -0.25) is 10.1 Å². The Morgan fingerprint density at radius 2 is 2.27 bits per heavy atom. The molecule has 4 nitrogen and oxygen atoms in total. The van der Waals surface area contributed by atoms with Gasteiger partial charge in [-0.15, -0.1) is 0 Å². The van der Waals surface area contributed by atoms with E-state index in [9.17, 15) is 10.1 Å². The standard InChI is InChI=1S/C10H11ClN2O2/c1-6-4-8(6)12-9-5-7(11)2-3-10(9)13(14)15/h2-3,5-6,8,12H,4H2,1H3. The maximum absolute atomic E-state index is 10.7. The van der Waals surface area contributed by atoms with Crippen LogP contribution in [0.2, 0.25) is 5.02 Å². The quantitative estimate of drug-likeness (QED) is 0.637. The highest BCUT2D eigenvalue weighted by Gasteiger charge is 2.33. The number of halogens is 1. The molecule has 1 N–H and O–H groups in total. The smallest absolute Gasteiger partial charge is 0.292 e. The highest BCUT2D eigenvalue weighted by Crippen LogP contribution is 2.36. The lowest BCUT2D eigenvalue weighted by atomic mass is 10.2. The molecule has 0 bridgehead atoms. The highest BCUT2D eigenvalue weighted by atomic mass is 35.5. The van der Waals surface area contributed by atoms with Crippen molar-refractivity contribution in [3.05, 3.63) is 33.3 Å². The van der Waals surface area contributed by atoms with Crippen molar-refractivity contribution in [1.29, 1.82) is 0 Å². The Hall–Kier alpha value is -1.29. The fraction of sp³-hybridized carbons (Fsp3) is 0.400. The topological polar surface area (TPSA) is 55.2 Å². The van der Waals surface area contributed by atoms with Gasteiger partial charge in [-0.2, -0.15) is 0 Å². The van der Waals surface area contributed by atoms with E-state index in [1.165, 1.54) is 12.1 Å². The predicted octanol–water partition coefficient (Wildman–Crippen LogP) is 3.07. The normalized spacial score (nSPS) is 23.6. The fourth-order valence-corrected chi connectivity index (χ4v) is 1.68. The third-order valence-electron chi connectivity index (χ3n) is 2.61. The lowest BCUT2D eigenvalue weighted by Crippen LogP contribution is -2.05. The summed E-state index contributed by atoms with van der Waals surface area (Å²) in [7, 11) is 0. The van der Waals surface area contributed by atoms with Crippen LogP contribution in [0.3, 0.4) is 0 Å². The van der Waals surface area contributed by atoms with Gasteiger partial charge in [0.25, 0.3) is 5.69 Å². The number of anilines is 1. The molecule has 1 fully saturated rings. The van der Waals surface area contributed by atoms with Crippen molar-refractivity contribution in [2.24, 2.45) is 5.92 Å². The molecule has 2 atom stereocenters. The molecule has 1 aliphatic carbocycles. The van der Waals surface area contributed by atoms with Crippen LogP contribution in [0, 0.1) is 16.0 Å². The Labute approximate surface area is 92.4 Å². The minimum absolute atomic E-state index is 0.0819. The molecule has 5 heteroatoms. The fourth-order valence-electron chi connectivity index (χ4n) is 1.51. The first-order valence-corrected chi connectivity index (χ1v) is 5.16. The summed E-state index contributed by atoms with van der Waals surface area (Å²) in [5.41, 5.74) is 0.598. The summed E-state index contributed by atoms with van der Waals surface area (Å²) in [4.78, 5) is 10.3. The van der Waals surface area contributed by atoms with Crippen LogP contribution >= 0.6 is 11.6 Å². The first kappa shape index (κ1) is 10.2. The van der Waals surface area contributed by atoms with E-state index in [1.54, 1.807) is 6.07 Å². The van der Waals surface area contributed by atoms with Gasteiger partial charge in [0.05, 0.1) is 4.92 Å². The van der Waals surface area contributed by atoms with Crippen molar-refractivity contribution >= 4 is 23.0 Å². The molecule has 0 spiro atoms. The van der Waals surface area contributed by atoms with Crippen molar-refractivity contribution in [3.8, 4) is 0 Å². The average Bonchev–Trinajstić information content (AvgIpc) is 2.81. The summed E-state index contributed by atoms with van der Waals surface area (Å²) >= 11 is 5.80. The molecular formula is C10H11ClN2O2. The maximum Gasteiger partial charge on any atom is 0.292 e. The number of nitro benzene ring substituents is 1. The van der Waals surface area contributed by atoms with E-state index in [1.807, 2.05) is 0 Å². The summed E-state index contributed by atoms with van der Waals surface area (Å²) < 4.78 is 0. The van der Waals surface area contributed by atoms with Crippen LogP contribution in [-0.4, -0.2) is 11.0 Å². The van der Waals surface area contributed by atoms with Crippen molar-refractivity contribution in [3.63, 3.8) is 0 Å². The second-order valence-corrected chi connectivity index (χ2v) is 4.32. The molecule has 0 saturated heterocycles. The molecule has 0 aromatic heterocycles. The summed E-state index contributed by atoms with van der Waals surface area (Å²) in [5, 5.41) is 14.4. The lowest BCUT2D eigenvalue weighted by molar-refractivity contribution is -0.384. The van der Waals surface area contributed by atoms with Crippen molar-refractivity contribution in [2.45, 2.75) is 19.4 Å². The number of hydrogen-bond acceptors (Lipinski definition) is 3. The SMILES string of the molecule is CC1CC1Nc1cc(Cl)ccc1[N+](=O)[O-]. The lowest BCUT2D eigenvalue weighted by Gasteiger charge is -2.06.